The number of para-hydroxylation sites is 4. The van der Waals surface area contributed by atoms with Gasteiger partial charge in [-0.15, -0.1) is 0 Å². The molecule has 70 heavy (non-hydrogen) atoms. The quantitative estimate of drug-likeness (QED) is 0.167. The molecular formula is C64H42N4O2. The predicted molar refractivity (Wildman–Crippen MR) is 293 cm³/mol. The average Bonchev–Trinajstić information content (AvgIpc) is 4.15. The van der Waals surface area contributed by atoms with Crippen LogP contribution in [0, 0.1) is 0 Å². The molecule has 0 unspecified atom stereocenters. The summed E-state index contributed by atoms with van der Waals surface area (Å²) in [5.74, 6) is 0. The first-order valence-corrected chi connectivity index (χ1v) is 23.9. The van der Waals surface area contributed by atoms with E-state index >= 15 is 0 Å². The van der Waals surface area contributed by atoms with Crippen molar-refractivity contribution in [3.63, 3.8) is 0 Å². The van der Waals surface area contributed by atoms with Gasteiger partial charge in [-0.2, -0.15) is 0 Å². The zero-order valence-corrected chi connectivity index (χ0v) is 38.4. The monoisotopic (exact) mass is 898 g/mol. The number of hydrogen-bond acceptors (Lipinski definition) is 4. The van der Waals surface area contributed by atoms with Crippen LogP contribution in [0.15, 0.2) is 227 Å². The molecule has 15 aromatic rings. The number of benzene rings is 11. The van der Waals surface area contributed by atoms with Crippen LogP contribution < -0.4 is 9.80 Å². The minimum Gasteiger partial charge on any atom is -0.456 e. The van der Waals surface area contributed by atoms with E-state index in [2.05, 4.69) is 251 Å². The second-order valence-electron chi connectivity index (χ2n) is 18.5. The maximum Gasteiger partial charge on any atom is 0.147 e. The van der Waals surface area contributed by atoms with Crippen LogP contribution >= 0.6 is 0 Å². The largest absolute Gasteiger partial charge is 0.456 e. The Bertz CT molecular complexity index is 4630. The minimum atomic E-state index is 0.783. The molecule has 0 aliphatic heterocycles. The highest BCUT2D eigenvalue weighted by Gasteiger charge is 2.26. The van der Waals surface area contributed by atoms with Gasteiger partial charge in [0.2, 0.25) is 0 Å². The maximum atomic E-state index is 7.27. The molecule has 0 bridgehead atoms. The number of nitrogens with zero attached hydrogens (tertiary/aromatic N) is 4. The van der Waals surface area contributed by atoms with E-state index in [0.717, 1.165) is 99.5 Å². The summed E-state index contributed by atoms with van der Waals surface area (Å²) >= 11 is 0. The van der Waals surface area contributed by atoms with Gasteiger partial charge in [0.1, 0.15) is 22.3 Å². The molecule has 0 radical (unpaired) electrons. The normalized spacial score (nSPS) is 12.1. The summed E-state index contributed by atoms with van der Waals surface area (Å²) in [4.78, 5) is 4.75. The van der Waals surface area contributed by atoms with Gasteiger partial charge < -0.3 is 27.8 Å². The molecule has 0 saturated carbocycles. The van der Waals surface area contributed by atoms with Crippen LogP contribution in [0.3, 0.4) is 0 Å². The first-order chi connectivity index (χ1) is 34.6. The lowest BCUT2D eigenvalue weighted by Gasteiger charge is -2.27. The van der Waals surface area contributed by atoms with Crippen molar-refractivity contribution in [2.24, 2.45) is 14.1 Å². The lowest BCUT2D eigenvalue weighted by Crippen LogP contribution is -2.10. The van der Waals surface area contributed by atoms with Gasteiger partial charge in [0.25, 0.3) is 0 Å². The number of furan rings is 2. The fraction of sp³-hybridized carbons (Fsp3) is 0.0312. The Morgan fingerprint density at radius 2 is 0.714 bits per heavy atom. The third-order valence-corrected chi connectivity index (χ3v) is 14.9. The Morgan fingerprint density at radius 1 is 0.286 bits per heavy atom. The van der Waals surface area contributed by atoms with Crippen molar-refractivity contribution in [1.82, 2.24) is 9.13 Å². The van der Waals surface area contributed by atoms with Crippen LogP contribution in [-0.4, -0.2) is 9.13 Å². The minimum absolute atomic E-state index is 0.783. The molecule has 4 heterocycles. The number of anilines is 6. The Labute approximate surface area is 401 Å². The lowest BCUT2D eigenvalue weighted by atomic mass is 9.98. The topological polar surface area (TPSA) is 42.6 Å². The van der Waals surface area contributed by atoms with E-state index in [1.54, 1.807) is 0 Å². The molecule has 0 aliphatic carbocycles. The van der Waals surface area contributed by atoms with Crippen molar-refractivity contribution >= 4 is 143 Å². The lowest BCUT2D eigenvalue weighted by molar-refractivity contribution is 0.663. The van der Waals surface area contributed by atoms with Gasteiger partial charge in [0.05, 0.1) is 16.8 Å². The van der Waals surface area contributed by atoms with Gasteiger partial charge in [-0.05, 0) is 95.7 Å². The standard InChI is InChI=1S/C64H42N4O2/c1-65-52-27-15-13-23-45(52)50-35-41(29-32-54(50)65)67(39-17-5-3-6-18-39)56-37-59-61(47-25-11-9-21-43(47)56)49-31-34-58-63(64(49)70-59)62-48-26-12-10-22-44(48)57(38-60(62)69-58)68(40-19-7-4-8-20-40)42-30-33-55-51(36-42)46-24-14-16-28-53(46)66(55)2/h3-38H,1-2H3. The highest BCUT2D eigenvalue weighted by atomic mass is 16.3. The number of rotatable bonds is 6. The Kier molecular flexibility index (Phi) is 8.10. The van der Waals surface area contributed by atoms with E-state index in [9.17, 15) is 0 Å². The molecule has 6 nitrogen and oxygen atoms in total. The van der Waals surface area contributed by atoms with Crippen molar-refractivity contribution in [2.75, 3.05) is 9.80 Å². The average molecular weight is 899 g/mol. The summed E-state index contributed by atoms with van der Waals surface area (Å²) in [7, 11) is 4.30. The molecule has 0 saturated heterocycles. The molecule has 4 aromatic heterocycles. The van der Waals surface area contributed by atoms with Crippen LogP contribution in [0.5, 0.6) is 0 Å². The predicted octanol–water partition coefficient (Wildman–Crippen LogP) is 18.0. The first-order valence-electron chi connectivity index (χ1n) is 23.9. The van der Waals surface area contributed by atoms with Crippen LogP contribution in [0.4, 0.5) is 34.1 Å². The molecule has 11 aromatic carbocycles. The van der Waals surface area contributed by atoms with Gasteiger partial charge in [0, 0.05) is 120 Å². The van der Waals surface area contributed by atoms with Crippen molar-refractivity contribution in [1.29, 1.82) is 0 Å². The summed E-state index contributed by atoms with van der Waals surface area (Å²) < 4.78 is 18.8. The smallest absolute Gasteiger partial charge is 0.147 e. The van der Waals surface area contributed by atoms with Crippen LogP contribution in [0.2, 0.25) is 0 Å². The van der Waals surface area contributed by atoms with E-state index in [-0.39, 0.29) is 0 Å². The third-order valence-electron chi connectivity index (χ3n) is 14.9. The summed E-state index contributed by atoms with van der Waals surface area (Å²) in [5.41, 5.74) is 14.4. The van der Waals surface area contributed by atoms with Crippen LogP contribution in [0.1, 0.15) is 0 Å². The van der Waals surface area contributed by atoms with Crippen molar-refractivity contribution < 1.29 is 8.83 Å². The second kappa shape index (κ2) is 14.6. The molecular weight excluding hydrogens is 857 g/mol. The number of fused-ring (bicyclic) bond motifs is 17. The Balaban J connectivity index is 0.972. The van der Waals surface area contributed by atoms with E-state index < -0.39 is 0 Å². The van der Waals surface area contributed by atoms with Crippen molar-refractivity contribution in [3.8, 4) is 0 Å². The van der Waals surface area contributed by atoms with Gasteiger partial charge in [-0.25, -0.2) is 0 Å². The summed E-state index contributed by atoms with van der Waals surface area (Å²) in [6.07, 6.45) is 0. The van der Waals surface area contributed by atoms with E-state index in [1.165, 1.54) is 43.6 Å². The molecule has 6 heteroatoms. The van der Waals surface area contributed by atoms with Crippen molar-refractivity contribution in [2.45, 2.75) is 0 Å². The van der Waals surface area contributed by atoms with Gasteiger partial charge in [0.15, 0.2) is 0 Å². The fourth-order valence-corrected chi connectivity index (χ4v) is 11.7. The highest BCUT2D eigenvalue weighted by molar-refractivity contribution is 6.32. The van der Waals surface area contributed by atoms with Crippen LogP contribution in [0.25, 0.3) is 109 Å². The van der Waals surface area contributed by atoms with Gasteiger partial charge >= 0.3 is 0 Å². The fourth-order valence-electron chi connectivity index (χ4n) is 11.7. The zero-order chi connectivity index (χ0) is 46.2. The SMILES string of the molecule is Cn1c2ccccc2c2cc(N(c3ccccc3)c3cc4oc5c(ccc6oc7cc(N(c8ccccc8)c8ccc9c(c8)c8ccccc8n9C)c8ccccc8c7c65)c4c4ccccc34)ccc21. The molecule has 0 fully saturated rings. The molecule has 15 rings (SSSR count). The van der Waals surface area contributed by atoms with Crippen molar-refractivity contribution in [3.05, 3.63) is 218 Å². The highest BCUT2D eigenvalue weighted by Crippen LogP contribution is 2.50. The van der Waals surface area contributed by atoms with E-state index in [4.69, 9.17) is 8.83 Å². The zero-order valence-electron chi connectivity index (χ0n) is 38.4. The first kappa shape index (κ1) is 38.8. The van der Waals surface area contributed by atoms with Crippen LogP contribution in [-0.2, 0) is 14.1 Å². The second-order valence-corrected chi connectivity index (χ2v) is 18.5. The molecule has 0 atom stereocenters. The van der Waals surface area contributed by atoms with Gasteiger partial charge in [-0.3, -0.25) is 0 Å². The Morgan fingerprint density at radius 3 is 1.24 bits per heavy atom. The van der Waals surface area contributed by atoms with E-state index in [0.29, 0.717) is 0 Å². The maximum absolute atomic E-state index is 7.27. The Hall–Kier alpha value is -9.26. The number of aryl methyl sites for hydroxylation is 2. The summed E-state index contributed by atoms with van der Waals surface area (Å²) in [6.45, 7) is 0. The summed E-state index contributed by atoms with van der Waals surface area (Å²) in [5, 5.41) is 13.5. The molecule has 0 N–H and O–H groups in total. The molecule has 0 spiro atoms. The third kappa shape index (κ3) is 5.44. The molecule has 0 aliphatic rings. The number of aromatic nitrogens is 2. The number of hydrogen-bond donors (Lipinski definition) is 0. The van der Waals surface area contributed by atoms with Gasteiger partial charge in [-0.1, -0.05) is 121 Å². The van der Waals surface area contributed by atoms with E-state index in [1.807, 2.05) is 0 Å². The molecule has 0 amide bonds. The molecule has 330 valence electrons. The summed E-state index contributed by atoms with van der Waals surface area (Å²) in [6, 6.07) is 78.6.